The number of nitrogens with one attached hydrogen (secondary N) is 3. The van der Waals surface area contributed by atoms with Gasteiger partial charge < -0.3 is 25.7 Å². The van der Waals surface area contributed by atoms with Gasteiger partial charge in [0.15, 0.2) is 0 Å². The quantitative estimate of drug-likeness (QED) is 0.448. The van der Waals surface area contributed by atoms with Gasteiger partial charge in [-0.3, -0.25) is 4.90 Å². The summed E-state index contributed by atoms with van der Waals surface area (Å²) in [5, 5.41) is 14.6. The summed E-state index contributed by atoms with van der Waals surface area (Å²) in [6, 6.07) is 5.75. The molecule has 1 aromatic carbocycles. The second kappa shape index (κ2) is 11.4. The highest BCUT2D eigenvalue weighted by atomic mass is 32.2. The van der Waals surface area contributed by atoms with Gasteiger partial charge >= 0.3 is 6.18 Å². The number of aromatic nitrogens is 2. The number of anilines is 4. The van der Waals surface area contributed by atoms with Gasteiger partial charge in [0.1, 0.15) is 11.6 Å². The predicted octanol–water partition coefficient (Wildman–Crippen LogP) is 4.46. The van der Waals surface area contributed by atoms with E-state index in [1.807, 2.05) is 11.8 Å². The maximum atomic E-state index is 13.3. The summed E-state index contributed by atoms with van der Waals surface area (Å²) < 4.78 is 45.4. The molecule has 1 unspecified atom stereocenters. The Morgan fingerprint density at radius 2 is 1.86 bits per heavy atom. The third kappa shape index (κ3) is 6.29. The second-order valence-corrected chi connectivity index (χ2v) is 10.7. The van der Waals surface area contributed by atoms with E-state index in [2.05, 4.69) is 25.4 Å². The Bertz CT molecular complexity index is 1080. The van der Waals surface area contributed by atoms with Gasteiger partial charge in [-0.05, 0) is 43.2 Å². The van der Waals surface area contributed by atoms with Gasteiger partial charge in [0, 0.05) is 55.9 Å². The van der Waals surface area contributed by atoms with E-state index in [1.54, 1.807) is 6.07 Å². The minimum absolute atomic E-state index is 0.233. The number of hydrogen-bond donors (Lipinski definition) is 3. The number of thioether (sulfide) groups is 1. The summed E-state index contributed by atoms with van der Waals surface area (Å²) in [5.41, 5.74) is -0.0146. The molecule has 2 aromatic rings. The molecule has 8 nitrogen and oxygen atoms in total. The fourth-order valence-electron chi connectivity index (χ4n) is 5.12. The van der Waals surface area contributed by atoms with Crippen molar-refractivity contribution in [3.63, 3.8) is 0 Å². The van der Waals surface area contributed by atoms with E-state index >= 15 is 0 Å². The van der Waals surface area contributed by atoms with E-state index < -0.39 is 11.7 Å². The zero-order valence-electron chi connectivity index (χ0n) is 20.6. The predicted molar refractivity (Wildman–Crippen MR) is 142 cm³/mol. The fourth-order valence-corrected chi connectivity index (χ4v) is 6.27. The Kier molecular flexibility index (Phi) is 8.06. The molecule has 37 heavy (non-hydrogen) atoms. The van der Waals surface area contributed by atoms with E-state index in [9.17, 15) is 13.2 Å². The van der Waals surface area contributed by atoms with Gasteiger partial charge in [-0.1, -0.05) is 6.07 Å². The topological polar surface area (TPSA) is 89.4 Å². The largest absolute Gasteiger partial charge is 0.416 e. The summed E-state index contributed by atoms with van der Waals surface area (Å²) in [4.78, 5) is 14.1. The van der Waals surface area contributed by atoms with Crippen LogP contribution in [0.5, 0.6) is 0 Å². The first kappa shape index (κ1) is 26.1. The van der Waals surface area contributed by atoms with Crippen LogP contribution in [0, 0.1) is 5.41 Å². The van der Waals surface area contributed by atoms with Crippen molar-refractivity contribution in [2.24, 2.45) is 0 Å². The summed E-state index contributed by atoms with van der Waals surface area (Å²) in [5.74, 6) is 3.40. The van der Waals surface area contributed by atoms with Gasteiger partial charge in [0.2, 0.25) is 5.95 Å². The van der Waals surface area contributed by atoms with Gasteiger partial charge in [-0.2, -0.15) is 34.9 Å². The van der Waals surface area contributed by atoms with E-state index in [-0.39, 0.29) is 11.7 Å². The van der Waals surface area contributed by atoms with Crippen LogP contribution in [-0.2, 0) is 10.9 Å². The molecule has 0 amide bonds. The molecule has 3 fully saturated rings. The summed E-state index contributed by atoms with van der Waals surface area (Å²) >= 11 is 1.87. The van der Waals surface area contributed by atoms with Crippen molar-refractivity contribution < 1.29 is 17.9 Å². The maximum absolute atomic E-state index is 13.3. The molecule has 1 aromatic heterocycles. The molecule has 3 aliphatic rings. The van der Waals surface area contributed by atoms with Crippen molar-refractivity contribution in [3.8, 4) is 0 Å². The third-order valence-corrected chi connectivity index (χ3v) is 8.27. The van der Waals surface area contributed by atoms with Crippen molar-refractivity contribution in [1.82, 2.24) is 14.9 Å². The first-order valence-electron chi connectivity index (χ1n) is 12.7. The Morgan fingerprint density at radius 3 is 2.54 bits per heavy atom. The minimum atomic E-state index is -4.45. The number of hydrogen-bond acceptors (Lipinski definition) is 9. The average molecular weight is 536 g/mol. The Hall–Kier alpha value is -2.57. The Labute approximate surface area is 218 Å². The van der Waals surface area contributed by atoms with Crippen molar-refractivity contribution in [2.45, 2.75) is 37.5 Å². The van der Waals surface area contributed by atoms with Crippen LogP contribution >= 0.6 is 11.8 Å². The van der Waals surface area contributed by atoms with Crippen LogP contribution in [0.25, 0.3) is 0 Å². The number of benzene rings is 1. The number of rotatable bonds is 7. The molecule has 0 radical (unpaired) electrons. The molecular weight excluding hydrogens is 503 g/mol. The molecule has 0 aliphatic carbocycles. The standard InChI is InChI=1S/C25H32F3N7OS/c26-25(27,28)17-2-1-3-18(14-17)30-22-21(15-29)23(33-24(32-22)31-19-6-13-37-16-19)35-7-4-20(5-8-35)34-9-11-36-12-10-34/h1-3,14-15,19-20,29H,4-13,16H2,(H2,30,31,32,33). The third-order valence-electron chi connectivity index (χ3n) is 7.11. The summed E-state index contributed by atoms with van der Waals surface area (Å²) in [7, 11) is 0. The fraction of sp³-hybridized carbons (Fsp3) is 0.560. The molecule has 5 rings (SSSR count). The van der Waals surface area contributed by atoms with Crippen LogP contribution in [0.3, 0.4) is 0 Å². The van der Waals surface area contributed by atoms with Crippen molar-refractivity contribution in [1.29, 1.82) is 5.41 Å². The van der Waals surface area contributed by atoms with E-state index in [1.165, 1.54) is 12.3 Å². The van der Waals surface area contributed by atoms with Crippen molar-refractivity contribution >= 4 is 41.2 Å². The van der Waals surface area contributed by atoms with Crippen LogP contribution in [-0.4, -0.2) is 84.1 Å². The number of morpholine rings is 1. The zero-order chi connectivity index (χ0) is 25.8. The molecular formula is C25H32F3N7OS. The lowest BCUT2D eigenvalue weighted by atomic mass is 10.0. The molecule has 0 spiro atoms. The number of ether oxygens (including phenoxy) is 1. The minimum Gasteiger partial charge on any atom is -0.379 e. The van der Waals surface area contributed by atoms with Gasteiger partial charge in [0.05, 0.1) is 24.3 Å². The van der Waals surface area contributed by atoms with Gasteiger partial charge in [-0.15, -0.1) is 0 Å². The van der Waals surface area contributed by atoms with Crippen LogP contribution < -0.4 is 15.5 Å². The highest BCUT2D eigenvalue weighted by molar-refractivity contribution is 7.99. The first-order chi connectivity index (χ1) is 17.9. The first-order valence-corrected chi connectivity index (χ1v) is 13.8. The number of nitrogens with zero attached hydrogens (tertiary/aromatic N) is 4. The van der Waals surface area contributed by atoms with Crippen molar-refractivity contribution in [3.05, 3.63) is 35.4 Å². The molecule has 3 N–H and O–H groups in total. The zero-order valence-corrected chi connectivity index (χ0v) is 21.4. The number of halogens is 3. The lowest BCUT2D eigenvalue weighted by molar-refractivity contribution is -0.137. The lowest BCUT2D eigenvalue weighted by Gasteiger charge is -2.40. The van der Waals surface area contributed by atoms with Crippen LogP contribution in [0.15, 0.2) is 24.3 Å². The lowest BCUT2D eigenvalue weighted by Crippen LogP contribution is -2.49. The molecule has 1 atom stereocenters. The van der Waals surface area contributed by atoms with Crippen molar-refractivity contribution in [2.75, 3.05) is 66.4 Å². The molecule has 3 aliphatic heterocycles. The molecule has 12 heteroatoms. The van der Waals surface area contributed by atoms with Crippen LogP contribution in [0.1, 0.15) is 30.4 Å². The number of piperidine rings is 1. The average Bonchev–Trinajstić information content (AvgIpc) is 3.42. The van der Waals surface area contributed by atoms with Gasteiger partial charge in [-0.25, -0.2) is 0 Å². The van der Waals surface area contributed by atoms with E-state index in [4.69, 9.17) is 15.1 Å². The van der Waals surface area contributed by atoms with E-state index in [0.29, 0.717) is 29.2 Å². The molecule has 200 valence electrons. The van der Waals surface area contributed by atoms with E-state index in [0.717, 1.165) is 82.3 Å². The highest BCUT2D eigenvalue weighted by Gasteiger charge is 2.31. The maximum Gasteiger partial charge on any atom is 0.416 e. The molecule has 4 heterocycles. The molecule has 3 saturated heterocycles. The van der Waals surface area contributed by atoms with Crippen LogP contribution in [0.2, 0.25) is 0 Å². The van der Waals surface area contributed by atoms with Gasteiger partial charge in [0.25, 0.3) is 0 Å². The SMILES string of the molecule is N=Cc1c(Nc2cccc(C(F)(F)F)c2)nc(NC2CCSC2)nc1N1CCC(N2CCOCC2)CC1. The monoisotopic (exact) mass is 535 g/mol. The Balaban J connectivity index is 1.42. The summed E-state index contributed by atoms with van der Waals surface area (Å²) in [6.45, 7) is 4.99. The highest BCUT2D eigenvalue weighted by Crippen LogP contribution is 2.34. The normalized spacial score (nSPS) is 21.7. The molecule has 0 bridgehead atoms. The Morgan fingerprint density at radius 1 is 1.08 bits per heavy atom. The smallest absolute Gasteiger partial charge is 0.379 e. The second-order valence-electron chi connectivity index (χ2n) is 9.55. The summed E-state index contributed by atoms with van der Waals surface area (Å²) in [6.07, 6.45) is -0.318. The van der Waals surface area contributed by atoms with Crippen LogP contribution in [0.4, 0.5) is 36.4 Å². The number of alkyl halides is 3. The molecule has 0 saturated carbocycles.